The number of hydrogen-bond donors (Lipinski definition) is 2. The number of pyridine rings is 1. The first-order chi connectivity index (χ1) is 16.0. The number of benzene rings is 1. The first-order valence-corrected chi connectivity index (χ1v) is 11.0. The molecule has 9 nitrogen and oxygen atoms in total. The average molecular weight is 464 g/mol. The number of aromatic nitrogens is 3. The van der Waals surface area contributed by atoms with Crippen molar-refractivity contribution in [3.63, 3.8) is 0 Å². The summed E-state index contributed by atoms with van der Waals surface area (Å²) in [5, 5.41) is 17.7. The van der Waals surface area contributed by atoms with Crippen molar-refractivity contribution in [2.75, 3.05) is 14.2 Å². The van der Waals surface area contributed by atoms with Gasteiger partial charge in [0.15, 0.2) is 0 Å². The number of nitriles is 1. The maximum Gasteiger partial charge on any atom is 0.311 e. The van der Waals surface area contributed by atoms with Crippen LogP contribution in [0.3, 0.4) is 0 Å². The van der Waals surface area contributed by atoms with E-state index in [9.17, 15) is 10.1 Å². The summed E-state index contributed by atoms with van der Waals surface area (Å²) in [5.74, 6) is 0.518. The quantitative estimate of drug-likeness (QED) is 0.400. The molecule has 33 heavy (non-hydrogen) atoms. The Hall–Kier alpha value is -3.97. The zero-order valence-electron chi connectivity index (χ0n) is 18.0. The highest BCUT2D eigenvalue weighted by Crippen LogP contribution is 2.44. The number of carbonyl (C=O) groups is 1. The highest BCUT2D eigenvalue weighted by Gasteiger charge is 2.36. The Labute approximate surface area is 194 Å². The monoisotopic (exact) mass is 463 g/mol. The first-order valence-electron chi connectivity index (χ1n) is 9.97. The van der Waals surface area contributed by atoms with Gasteiger partial charge in [0.1, 0.15) is 17.4 Å². The fourth-order valence-corrected chi connectivity index (χ4v) is 4.51. The van der Waals surface area contributed by atoms with Crippen molar-refractivity contribution in [2.24, 2.45) is 5.73 Å². The van der Waals surface area contributed by atoms with Gasteiger partial charge in [0.2, 0.25) is 11.8 Å². The molecule has 2 aromatic heterocycles. The fraction of sp³-hybridized carbons (Fsp3) is 0.217. The SMILES string of the molecule is COC(=O)Cc1[nH]nc2c1C(c1ccc(OC)c(CSc3ccccn3)c1)C(C#N)=C(N)O2. The van der Waals surface area contributed by atoms with Crippen LogP contribution in [0.1, 0.15) is 28.3 Å². The van der Waals surface area contributed by atoms with Crippen molar-refractivity contribution in [1.29, 1.82) is 5.26 Å². The molecule has 0 aliphatic carbocycles. The number of hydrogen-bond acceptors (Lipinski definition) is 9. The average Bonchev–Trinajstić information content (AvgIpc) is 3.23. The van der Waals surface area contributed by atoms with E-state index in [1.54, 1.807) is 25.1 Å². The molecule has 3 aromatic rings. The van der Waals surface area contributed by atoms with E-state index in [2.05, 4.69) is 21.3 Å². The lowest BCUT2D eigenvalue weighted by Gasteiger charge is -2.24. The van der Waals surface area contributed by atoms with Crippen molar-refractivity contribution in [3.8, 4) is 17.7 Å². The van der Waals surface area contributed by atoms with Crippen LogP contribution in [0, 0.1) is 11.3 Å². The van der Waals surface area contributed by atoms with Gasteiger partial charge >= 0.3 is 5.97 Å². The van der Waals surface area contributed by atoms with E-state index in [1.807, 2.05) is 36.4 Å². The number of esters is 1. The molecule has 1 atom stereocenters. The van der Waals surface area contributed by atoms with Crippen LogP contribution < -0.4 is 15.2 Å². The number of rotatable bonds is 7. The smallest absolute Gasteiger partial charge is 0.311 e. The van der Waals surface area contributed by atoms with E-state index >= 15 is 0 Å². The van der Waals surface area contributed by atoms with Crippen LogP contribution in [0.15, 0.2) is 59.1 Å². The minimum absolute atomic E-state index is 0.0219. The van der Waals surface area contributed by atoms with Gasteiger partial charge in [-0.1, -0.05) is 18.2 Å². The van der Waals surface area contributed by atoms with Crippen LogP contribution in [0.5, 0.6) is 11.6 Å². The molecule has 0 saturated heterocycles. The summed E-state index contributed by atoms with van der Waals surface area (Å²) in [5.41, 5.74) is 9.09. The van der Waals surface area contributed by atoms with Gasteiger partial charge in [-0.05, 0) is 23.8 Å². The van der Waals surface area contributed by atoms with Crippen LogP contribution in [-0.2, 0) is 21.7 Å². The molecule has 1 aromatic carbocycles. The fourth-order valence-electron chi connectivity index (χ4n) is 3.67. The van der Waals surface area contributed by atoms with Crippen molar-refractivity contribution in [1.82, 2.24) is 15.2 Å². The lowest BCUT2D eigenvalue weighted by atomic mass is 9.83. The first kappa shape index (κ1) is 22.2. The molecule has 3 N–H and O–H groups in total. The molecule has 168 valence electrons. The second-order valence-corrected chi connectivity index (χ2v) is 8.12. The van der Waals surface area contributed by atoms with Gasteiger partial charge in [-0.15, -0.1) is 16.9 Å². The summed E-state index contributed by atoms with van der Waals surface area (Å²) in [6, 6.07) is 13.6. The number of aromatic amines is 1. The van der Waals surface area contributed by atoms with E-state index in [-0.39, 0.29) is 23.8 Å². The lowest BCUT2D eigenvalue weighted by Crippen LogP contribution is -2.22. The zero-order valence-corrected chi connectivity index (χ0v) is 18.8. The van der Waals surface area contributed by atoms with Crippen LogP contribution in [0.2, 0.25) is 0 Å². The summed E-state index contributed by atoms with van der Waals surface area (Å²) in [7, 11) is 2.92. The molecule has 1 aliphatic rings. The van der Waals surface area contributed by atoms with E-state index in [0.717, 1.165) is 16.2 Å². The molecule has 1 aliphatic heterocycles. The van der Waals surface area contributed by atoms with Gasteiger partial charge in [0.25, 0.3) is 0 Å². The van der Waals surface area contributed by atoms with Crippen molar-refractivity contribution < 1.29 is 19.0 Å². The third-order valence-corrected chi connectivity index (χ3v) is 6.21. The number of nitrogens with one attached hydrogen (secondary N) is 1. The summed E-state index contributed by atoms with van der Waals surface area (Å²) in [4.78, 5) is 16.3. The van der Waals surface area contributed by atoms with Gasteiger partial charge in [-0.3, -0.25) is 9.89 Å². The Kier molecular flexibility index (Phi) is 6.51. The minimum Gasteiger partial charge on any atom is -0.496 e. The summed E-state index contributed by atoms with van der Waals surface area (Å²) < 4.78 is 15.9. The Morgan fingerprint density at radius 2 is 2.18 bits per heavy atom. The molecule has 0 amide bonds. The molecule has 1 unspecified atom stereocenters. The molecule has 0 saturated carbocycles. The topological polar surface area (TPSA) is 136 Å². The minimum atomic E-state index is -0.568. The number of nitrogens with two attached hydrogens (primary N) is 1. The summed E-state index contributed by atoms with van der Waals surface area (Å²) in [6.07, 6.45) is 1.70. The summed E-state index contributed by atoms with van der Waals surface area (Å²) >= 11 is 1.57. The van der Waals surface area contributed by atoms with E-state index < -0.39 is 11.9 Å². The predicted octanol–water partition coefficient (Wildman–Crippen LogP) is 3.04. The Morgan fingerprint density at radius 3 is 2.88 bits per heavy atom. The molecule has 0 bridgehead atoms. The van der Waals surface area contributed by atoms with E-state index in [0.29, 0.717) is 22.8 Å². The van der Waals surface area contributed by atoms with Crippen molar-refractivity contribution in [3.05, 3.63) is 76.4 Å². The van der Waals surface area contributed by atoms with Gasteiger partial charge in [0.05, 0.1) is 42.8 Å². The molecule has 3 heterocycles. The highest BCUT2D eigenvalue weighted by molar-refractivity contribution is 7.98. The standard InChI is InChI=1S/C23H21N5O4S/c1-30-17-7-6-13(9-14(17)12-33-18-5-3-4-8-26-18)20-15(11-24)22(25)32-23-21(20)16(27-28-23)10-19(29)31-2/h3-9,20H,10,12,25H2,1-2H3,(H,27,28). The largest absolute Gasteiger partial charge is 0.496 e. The Morgan fingerprint density at radius 1 is 1.33 bits per heavy atom. The number of fused-ring (bicyclic) bond motifs is 1. The molecular weight excluding hydrogens is 442 g/mol. The normalized spacial score (nSPS) is 14.8. The third-order valence-electron chi connectivity index (χ3n) is 5.22. The second-order valence-electron chi connectivity index (χ2n) is 7.13. The molecule has 0 fully saturated rings. The summed E-state index contributed by atoms with van der Waals surface area (Å²) in [6.45, 7) is 0. The van der Waals surface area contributed by atoms with Gasteiger partial charge in [-0.2, -0.15) is 5.26 Å². The molecule has 10 heteroatoms. The van der Waals surface area contributed by atoms with E-state index in [1.165, 1.54) is 7.11 Å². The maximum atomic E-state index is 11.9. The van der Waals surface area contributed by atoms with Crippen LogP contribution in [-0.4, -0.2) is 35.4 Å². The van der Waals surface area contributed by atoms with Crippen molar-refractivity contribution >= 4 is 17.7 Å². The molecule has 0 spiro atoms. The number of ether oxygens (including phenoxy) is 3. The second kappa shape index (κ2) is 9.67. The van der Waals surface area contributed by atoms with Crippen molar-refractivity contribution in [2.45, 2.75) is 23.1 Å². The van der Waals surface area contributed by atoms with Crippen LogP contribution >= 0.6 is 11.8 Å². The van der Waals surface area contributed by atoms with Gasteiger partial charge in [0, 0.05) is 17.5 Å². The number of nitrogens with zero attached hydrogens (tertiary/aromatic N) is 3. The lowest BCUT2D eigenvalue weighted by molar-refractivity contribution is -0.139. The number of H-pyrrole nitrogens is 1. The van der Waals surface area contributed by atoms with Crippen LogP contribution in [0.4, 0.5) is 0 Å². The number of thioether (sulfide) groups is 1. The molecule has 4 rings (SSSR count). The molecule has 0 radical (unpaired) electrons. The van der Waals surface area contributed by atoms with E-state index in [4.69, 9.17) is 19.9 Å². The van der Waals surface area contributed by atoms with Gasteiger partial charge < -0.3 is 19.9 Å². The van der Waals surface area contributed by atoms with Gasteiger partial charge in [-0.25, -0.2) is 4.98 Å². The number of methoxy groups -OCH3 is 2. The van der Waals surface area contributed by atoms with Crippen LogP contribution in [0.25, 0.3) is 0 Å². The Balaban J connectivity index is 1.76. The molecular formula is C23H21N5O4S. The zero-order chi connectivity index (χ0) is 23.4. The predicted molar refractivity (Wildman–Crippen MR) is 120 cm³/mol. The Bertz CT molecular complexity index is 1250. The number of allylic oxidation sites excluding steroid dienone is 1. The maximum absolute atomic E-state index is 11.9. The highest BCUT2D eigenvalue weighted by atomic mass is 32.2. The number of carbonyl (C=O) groups excluding carboxylic acids is 1. The third kappa shape index (κ3) is 4.49.